The first kappa shape index (κ1) is 12.7. The Hall–Kier alpha value is -1.74. The number of carbonyl (C=O) groups is 1. The second kappa shape index (κ2) is 4.86. The highest BCUT2D eigenvalue weighted by atomic mass is 35.5. The van der Waals surface area contributed by atoms with Gasteiger partial charge in [-0.25, -0.2) is 4.79 Å². The summed E-state index contributed by atoms with van der Waals surface area (Å²) in [5.74, 6) is -0.570. The average molecular weight is 264 g/mol. The maximum atomic E-state index is 10.6. The zero-order valence-electron chi connectivity index (χ0n) is 10.2. The van der Waals surface area contributed by atoms with Crippen LogP contribution >= 0.6 is 11.6 Å². The molecule has 0 saturated carbocycles. The van der Waals surface area contributed by atoms with E-state index < -0.39 is 5.97 Å². The summed E-state index contributed by atoms with van der Waals surface area (Å²) in [6.07, 6.45) is 2.62. The summed E-state index contributed by atoms with van der Waals surface area (Å²) in [7, 11) is 0. The minimum Gasteiger partial charge on any atom is -0.478 e. The molecule has 0 aliphatic heterocycles. The molecule has 2 rings (SSSR count). The minimum absolute atomic E-state index is 0.416. The van der Waals surface area contributed by atoms with Gasteiger partial charge in [0.25, 0.3) is 0 Å². The monoisotopic (exact) mass is 263 g/mol. The Labute approximate surface area is 110 Å². The Morgan fingerprint density at radius 2 is 2.17 bits per heavy atom. The summed E-state index contributed by atoms with van der Waals surface area (Å²) in [5, 5.41) is 10.1. The molecular formula is C14H14ClNO2. The molecule has 2 N–H and O–H groups in total. The highest BCUT2D eigenvalue weighted by molar-refractivity contribution is 6.32. The van der Waals surface area contributed by atoms with Crippen LogP contribution < -0.4 is 0 Å². The SMILES string of the molecule is CC(C)c1ccc2[nH]c(Cl)c(/C=C/C(=O)O)c2c1. The lowest BCUT2D eigenvalue weighted by atomic mass is 10.0. The van der Waals surface area contributed by atoms with Crippen molar-refractivity contribution in [2.75, 3.05) is 0 Å². The fourth-order valence-electron chi connectivity index (χ4n) is 1.87. The van der Waals surface area contributed by atoms with Gasteiger partial charge >= 0.3 is 5.97 Å². The maximum Gasteiger partial charge on any atom is 0.328 e. The Balaban J connectivity index is 2.60. The van der Waals surface area contributed by atoms with Crippen LogP contribution in [0.1, 0.15) is 30.9 Å². The Morgan fingerprint density at radius 3 is 2.78 bits per heavy atom. The summed E-state index contributed by atoms with van der Waals surface area (Å²) >= 11 is 6.08. The minimum atomic E-state index is -0.986. The van der Waals surface area contributed by atoms with E-state index in [1.54, 1.807) is 0 Å². The van der Waals surface area contributed by atoms with E-state index in [0.717, 1.165) is 22.5 Å². The molecule has 0 atom stereocenters. The number of aromatic nitrogens is 1. The van der Waals surface area contributed by atoms with Gasteiger partial charge in [0.1, 0.15) is 5.15 Å². The van der Waals surface area contributed by atoms with E-state index in [4.69, 9.17) is 16.7 Å². The number of carboxylic acid groups (broad SMARTS) is 1. The Bertz CT molecular complexity index is 626. The number of hydrogen-bond donors (Lipinski definition) is 2. The van der Waals surface area contributed by atoms with Gasteiger partial charge in [0.05, 0.1) is 0 Å². The highest BCUT2D eigenvalue weighted by Gasteiger charge is 2.09. The molecular weight excluding hydrogens is 250 g/mol. The molecule has 0 amide bonds. The maximum absolute atomic E-state index is 10.6. The summed E-state index contributed by atoms with van der Waals surface area (Å²) < 4.78 is 0. The topological polar surface area (TPSA) is 53.1 Å². The van der Waals surface area contributed by atoms with Gasteiger partial charge in [-0.05, 0) is 29.7 Å². The average Bonchev–Trinajstić information content (AvgIpc) is 2.60. The third kappa shape index (κ3) is 2.41. The van der Waals surface area contributed by atoms with Crippen LogP contribution in [0.25, 0.3) is 17.0 Å². The van der Waals surface area contributed by atoms with Crippen LogP contribution in [-0.4, -0.2) is 16.1 Å². The van der Waals surface area contributed by atoms with Crippen LogP contribution in [0, 0.1) is 0 Å². The van der Waals surface area contributed by atoms with Crippen LogP contribution in [0.4, 0.5) is 0 Å². The molecule has 1 aromatic heterocycles. The zero-order chi connectivity index (χ0) is 13.3. The van der Waals surface area contributed by atoms with E-state index in [2.05, 4.69) is 18.8 Å². The molecule has 0 bridgehead atoms. The van der Waals surface area contributed by atoms with Crippen molar-refractivity contribution in [3.63, 3.8) is 0 Å². The lowest BCUT2D eigenvalue weighted by molar-refractivity contribution is -0.131. The Kier molecular flexibility index (Phi) is 3.43. The van der Waals surface area contributed by atoms with Crippen LogP contribution in [0.5, 0.6) is 0 Å². The molecule has 1 heterocycles. The molecule has 0 unspecified atom stereocenters. The Morgan fingerprint density at radius 1 is 1.44 bits per heavy atom. The van der Waals surface area contributed by atoms with Gasteiger partial charge in [-0.15, -0.1) is 0 Å². The van der Waals surface area contributed by atoms with Gasteiger partial charge in [-0.1, -0.05) is 31.5 Å². The lowest BCUT2D eigenvalue weighted by Crippen LogP contribution is -1.87. The van der Waals surface area contributed by atoms with E-state index in [9.17, 15) is 4.79 Å². The van der Waals surface area contributed by atoms with Crippen molar-refractivity contribution < 1.29 is 9.90 Å². The van der Waals surface area contributed by atoms with E-state index in [1.165, 1.54) is 11.6 Å². The first-order valence-electron chi connectivity index (χ1n) is 5.71. The molecule has 94 valence electrons. The van der Waals surface area contributed by atoms with Crippen molar-refractivity contribution in [3.05, 3.63) is 40.6 Å². The van der Waals surface area contributed by atoms with E-state index in [0.29, 0.717) is 11.1 Å². The van der Waals surface area contributed by atoms with Gasteiger partial charge < -0.3 is 10.1 Å². The molecule has 3 nitrogen and oxygen atoms in total. The fraction of sp³-hybridized carbons (Fsp3) is 0.214. The summed E-state index contributed by atoms with van der Waals surface area (Å²) in [6, 6.07) is 6.06. The van der Waals surface area contributed by atoms with Crippen molar-refractivity contribution in [1.82, 2.24) is 4.98 Å². The predicted molar refractivity (Wildman–Crippen MR) is 74.1 cm³/mol. The van der Waals surface area contributed by atoms with Crippen LogP contribution in [0.3, 0.4) is 0 Å². The van der Waals surface area contributed by atoms with Crippen LogP contribution in [0.2, 0.25) is 5.15 Å². The van der Waals surface area contributed by atoms with Gasteiger partial charge in [-0.2, -0.15) is 0 Å². The normalized spacial score (nSPS) is 11.8. The first-order chi connectivity index (χ1) is 8.49. The van der Waals surface area contributed by atoms with Crippen molar-refractivity contribution >= 4 is 34.5 Å². The number of aromatic amines is 1. The number of rotatable bonds is 3. The highest BCUT2D eigenvalue weighted by Crippen LogP contribution is 2.30. The molecule has 0 saturated heterocycles. The van der Waals surface area contributed by atoms with Crippen molar-refractivity contribution in [3.8, 4) is 0 Å². The quantitative estimate of drug-likeness (QED) is 0.821. The zero-order valence-corrected chi connectivity index (χ0v) is 11.0. The predicted octanol–water partition coefficient (Wildman–Crippen LogP) is 4.04. The van der Waals surface area contributed by atoms with Crippen LogP contribution in [-0.2, 0) is 4.79 Å². The number of benzene rings is 1. The number of hydrogen-bond acceptors (Lipinski definition) is 1. The summed E-state index contributed by atoms with van der Waals surface area (Å²) in [6.45, 7) is 4.23. The molecule has 0 radical (unpaired) electrons. The molecule has 0 aliphatic carbocycles. The van der Waals surface area contributed by atoms with Crippen molar-refractivity contribution in [1.29, 1.82) is 0 Å². The molecule has 2 aromatic rings. The third-order valence-electron chi connectivity index (χ3n) is 2.87. The molecule has 4 heteroatoms. The number of aliphatic carboxylic acids is 1. The van der Waals surface area contributed by atoms with Gasteiger partial charge in [-0.3, -0.25) is 0 Å². The van der Waals surface area contributed by atoms with Crippen molar-refractivity contribution in [2.45, 2.75) is 19.8 Å². The molecule has 1 aromatic carbocycles. The number of H-pyrrole nitrogens is 1. The van der Waals surface area contributed by atoms with Crippen molar-refractivity contribution in [2.24, 2.45) is 0 Å². The number of nitrogens with one attached hydrogen (secondary N) is 1. The molecule has 18 heavy (non-hydrogen) atoms. The second-order valence-electron chi connectivity index (χ2n) is 4.48. The fourth-order valence-corrected chi connectivity index (χ4v) is 2.14. The molecule has 0 fully saturated rings. The lowest BCUT2D eigenvalue weighted by Gasteiger charge is -2.04. The molecule has 0 aliphatic rings. The third-order valence-corrected chi connectivity index (χ3v) is 3.17. The number of carboxylic acids is 1. The number of halogens is 1. The smallest absolute Gasteiger partial charge is 0.328 e. The van der Waals surface area contributed by atoms with E-state index >= 15 is 0 Å². The van der Waals surface area contributed by atoms with Gasteiger partial charge in [0.15, 0.2) is 0 Å². The van der Waals surface area contributed by atoms with Crippen LogP contribution in [0.15, 0.2) is 24.3 Å². The van der Waals surface area contributed by atoms with Gasteiger partial charge in [0, 0.05) is 22.5 Å². The number of fused-ring (bicyclic) bond motifs is 1. The largest absolute Gasteiger partial charge is 0.478 e. The standard InChI is InChI=1S/C14H14ClNO2/c1-8(2)9-3-5-12-11(7-9)10(14(15)16-12)4-6-13(17)18/h3-8,16H,1-2H3,(H,17,18)/b6-4+. The molecule has 0 spiro atoms. The summed E-state index contributed by atoms with van der Waals surface area (Å²) in [5.41, 5.74) is 2.83. The van der Waals surface area contributed by atoms with E-state index in [-0.39, 0.29) is 0 Å². The van der Waals surface area contributed by atoms with Gasteiger partial charge in [0.2, 0.25) is 0 Å². The van der Waals surface area contributed by atoms with E-state index in [1.807, 2.05) is 18.2 Å². The second-order valence-corrected chi connectivity index (χ2v) is 4.86. The summed E-state index contributed by atoms with van der Waals surface area (Å²) in [4.78, 5) is 13.6. The first-order valence-corrected chi connectivity index (χ1v) is 6.09.